The number of carboxylic acids is 1. The van der Waals surface area contributed by atoms with E-state index in [1.807, 2.05) is 37.3 Å². The minimum absolute atomic E-state index is 0.199. The molecule has 7 heteroatoms. The van der Waals surface area contributed by atoms with Gasteiger partial charge in [-0.25, -0.2) is 0 Å². The van der Waals surface area contributed by atoms with Gasteiger partial charge in [-0.05, 0) is 49.2 Å². The second-order valence-corrected chi connectivity index (χ2v) is 6.96. The molecule has 0 unspecified atom stereocenters. The third-order valence-corrected chi connectivity index (χ3v) is 4.89. The van der Waals surface area contributed by atoms with Crippen LogP contribution < -0.4 is 15.4 Å². The second-order valence-electron chi connectivity index (χ2n) is 6.96. The highest BCUT2D eigenvalue weighted by Gasteiger charge is 2.42. The van der Waals surface area contributed by atoms with Gasteiger partial charge in [0, 0.05) is 19.0 Å². The molecule has 2 atom stereocenters. The number of rotatable bonds is 4. The summed E-state index contributed by atoms with van der Waals surface area (Å²) in [5, 5.41) is 24.4. The molecular formula is C22H28N2O5. The number of β-amino-alcohol motifs (C(OH)–C–C–N with tert-alkyl or cyclic N) is 1. The number of carboxylic acid groups (broad SMARTS) is 1. The molecule has 156 valence electrons. The molecule has 0 spiro atoms. The summed E-state index contributed by atoms with van der Waals surface area (Å²) in [7, 11) is 1.61. The van der Waals surface area contributed by atoms with E-state index in [2.05, 4.69) is 10.6 Å². The van der Waals surface area contributed by atoms with E-state index in [1.165, 1.54) is 0 Å². The van der Waals surface area contributed by atoms with Gasteiger partial charge in [-0.2, -0.15) is 0 Å². The molecule has 2 aromatic rings. The largest absolute Gasteiger partial charge is 0.496 e. The lowest BCUT2D eigenvalue weighted by molar-refractivity contribution is -0.134. The number of carbonyl (C=O) groups excluding carboxylic acids is 1. The first-order chi connectivity index (χ1) is 13.8. The molecule has 1 amide bonds. The summed E-state index contributed by atoms with van der Waals surface area (Å²) in [5.41, 5.74) is 1.58. The van der Waals surface area contributed by atoms with Crippen LogP contribution in [-0.4, -0.2) is 48.4 Å². The highest BCUT2D eigenvalue weighted by Crippen LogP contribution is 2.31. The smallest absolute Gasteiger partial charge is 0.300 e. The Kier molecular flexibility index (Phi) is 7.75. The van der Waals surface area contributed by atoms with E-state index in [0.29, 0.717) is 18.5 Å². The van der Waals surface area contributed by atoms with Crippen LogP contribution in [0.5, 0.6) is 5.75 Å². The van der Waals surface area contributed by atoms with Crippen molar-refractivity contribution in [3.05, 3.63) is 65.2 Å². The van der Waals surface area contributed by atoms with Gasteiger partial charge in [0.2, 0.25) is 0 Å². The molecule has 2 aromatic carbocycles. The van der Waals surface area contributed by atoms with Crippen molar-refractivity contribution in [2.24, 2.45) is 0 Å². The highest BCUT2D eigenvalue weighted by molar-refractivity contribution is 5.95. The third kappa shape index (κ3) is 5.56. The van der Waals surface area contributed by atoms with Gasteiger partial charge >= 0.3 is 0 Å². The quantitative estimate of drug-likeness (QED) is 0.626. The lowest BCUT2D eigenvalue weighted by atomic mass is 9.79. The maximum absolute atomic E-state index is 12.9. The lowest BCUT2D eigenvalue weighted by Gasteiger charge is -2.43. The van der Waals surface area contributed by atoms with Crippen molar-refractivity contribution in [2.45, 2.75) is 31.9 Å². The Labute approximate surface area is 170 Å². The zero-order valence-electron chi connectivity index (χ0n) is 16.9. The highest BCUT2D eigenvalue weighted by atomic mass is 16.5. The Balaban J connectivity index is 0.000000687. The molecule has 0 radical (unpaired) electrons. The van der Waals surface area contributed by atoms with Gasteiger partial charge in [0.15, 0.2) is 0 Å². The fourth-order valence-corrected chi connectivity index (χ4v) is 3.45. The van der Waals surface area contributed by atoms with E-state index < -0.39 is 17.6 Å². The monoisotopic (exact) mass is 400 g/mol. The summed E-state index contributed by atoms with van der Waals surface area (Å²) in [6, 6.07) is 15.0. The van der Waals surface area contributed by atoms with Crippen LogP contribution >= 0.6 is 0 Å². The Morgan fingerprint density at radius 3 is 2.41 bits per heavy atom. The average Bonchev–Trinajstić information content (AvgIpc) is 2.70. The topological polar surface area (TPSA) is 108 Å². The number of carbonyl (C=O) groups is 2. The number of piperidine rings is 1. The summed E-state index contributed by atoms with van der Waals surface area (Å²) in [6.45, 7) is 4.16. The van der Waals surface area contributed by atoms with Gasteiger partial charge in [0.25, 0.3) is 11.9 Å². The van der Waals surface area contributed by atoms with Gasteiger partial charge in [-0.3, -0.25) is 9.59 Å². The van der Waals surface area contributed by atoms with Crippen molar-refractivity contribution in [3.63, 3.8) is 0 Å². The Morgan fingerprint density at radius 2 is 1.86 bits per heavy atom. The standard InChI is InChI=1S/C20H24N2O3.C2H4O2/c1-14-12-15(8-9-17(14)25-2)19(24)22-20(10-11-21-13-18(20)23)16-6-4-3-5-7-16;1-2(3)4/h3-9,12,18,21,23H,10-11,13H2,1-2H3,(H,22,24);1H3,(H,3,4)/t18-,20-;/m1./s1. The van der Waals surface area contributed by atoms with Crippen LogP contribution in [0.3, 0.4) is 0 Å². The molecule has 4 N–H and O–H groups in total. The van der Waals surface area contributed by atoms with Crippen molar-refractivity contribution in [1.29, 1.82) is 0 Å². The summed E-state index contributed by atoms with van der Waals surface area (Å²) >= 11 is 0. The summed E-state index contributed by atoms with van der Waals surface area (Å²) in [6.07, 6.45) is -0.0778. The predicted octanol–water partition coefficient (Wildman–Crippen LogP) is 2.07. The van der Waals surface area contributed by atoms with Gasteiger partial charge in [-0.15, -0.1) is 0 Å². The minimum Gasteiger partial charge on any atom is -0.496 e. The lowest BCUT2D eigenvalue weighted by Crippen LogP contribution is -2.61. The number of ether oxygens (including phenoxy) is 1. The fraction of sp³-hybridized carbons (Fsp3) is 0.364. The molecule has 1 aliphatic rings. The van der Waals surface area contributed by atoms with Gasteiger partial charge in [0.1, 0.15) is 5.75 Å². The molecule has 3 rings (SSSR count). The Morgan fingerprint density at radius 1 is 1.21 bits per heavy atom. The zero-order chi connectivity index (χ0) is 21.4. The number of hydrogen-bond acceptors (Lipinski definition) is 5. The van der Waals surface area contributed by atoms with Crippen LogP contribution in [-0.2, 0) is 10.3 Å². The predicted molar refractivity (Wildman–Crippen MR) is 110 cm³/mol. The van der Waals surface area contributed by atoms with E-state index in [9.17, 15) is 9.90 Å². The van der Waals surface area contributed by atoms with Crippen LogP contribution in [0.2, 0.25) is 0 Å². The normalized spacial score (nSPS) is 20.8. The van der Waals surface area contributed by atoms with Crippen molar-refractivity contribution in [3.8, 4) is 5.75 Å². The van der Waals surface area contributed by atoms with Crippen molar-refractivity contribution >= 4 is 11.9 Å². The first-order valence-corrected chi connectivity index (χ1v) is 9.41. The number of benzene rings is 2. The van der Waals surface area contributed by atoms with E-state index in [0.717, 1.165) is 30.3 Å². The minimum atomic E-state index is -0.833. The Hall–Kier alpha value is -2.90. The summed E-state index contributed by atoms with van der Waals surface area (Å²) in [5.74, 6) is -0.285. The molecule has 29 heavy (non-hydrogen) atoms. The molecule has 1 heterocycles. The number of nitrogens with one attached hydrogen (secondary N) is 2. The maximum Gasteiger partial charge on any atom is 0.300 e. The van der Waals surface area contributed by atoms with Crippen molar-refractivity contribution in [2.75, 3.05) is 20.2 Å². The SMILES string of the molecule is CC(=O)O.COc1ccc(C(=O)N[C@@]2(c3ccccc3)CCNC[C@H]2O)cc1C. The molecule has 7 nitrogen and oxygen atoms in total. The van der Waals surface area contributed by atoms with Crippen molar-refractivity contribution < 1.29 is 24.5 Å². The number of amides is 1. The first kappa shape index (κ1) is 22.4. The molecule has 1 fully saturated rings. The second kappa shape index (κ2) is 10.0. The molecule has 0 bridgehead atoms. The Bertz CT molecular complexity index is 836. The molecule has 0 saturated carbocycles. The number of aliphatic hydroxyl groups is 1. The molecule has 1 aliphatic heterocycles. The van der Waals surface area contributed by atoms with Crippen LogP contribution in [0.15, 0.2) is 48.5 Å². The van der Waals surface area contributed by atoms with Gasteiger partial charge < -0.3 is 25.6 Å². The molecule has 0 aliphatic carbocycles. The molecule has 1 saturated heterocycles. The van der Waals surface area contributed by atoms with Crippen LogP contribution in [0.1, 0.15) is 34.8 Å². The van der Waals surface area contributed by atoms with E-state index in [1.54, 1.807) is 25.3 Å². The van der Waals surface area contributed by atoms with Crippen LogP contribution in [0.25, 0.3) is 0 Å². The third-order valence-electron chi connectivity index (χ3n) is 4.89. The van der Waals surface area contributed by atoms with E-state index >= 15 is 0 Å². The number of aliphatic hydroxyl groups excluding tert-OH is 1. The molecular weight excluding hydrogens is 372 g/mol. The van der Waals surface area contributed by atoms with Gasteiger partial charge in [0.05, 0.1) is 18.8 Å². The number of aryl methyl sites for hydroxylation is 1. The summed E-state index contributed by atoms with van der Waals surface area (Å²) in [4.78, 5) is 21.9. The van der Waals surface area contributed by atoms with Gasteiger partial charge in [-0.1, -0.05) is 30.3 Å². The number of hydrogen-bond donors (Lipinski definition) is 4. The first-order valence-electron chi connectivity index (χ1n) is 9.41. The van der Waals surface area contributed by atoms with E-state index in [-0.39, 0.29) is 5.91 Å². The van der Waals surface area contributed by atoms with Crippen molar-refractivity contribution in [1.82, 2.24) is 10.6 Å². The van der Waals surface area contributed by atoms with E-state index in [4.69, 9.17) is 14.6 Å². The summed E-state index contributed by atoms with van der Waals surface area (Å²) < 4.78 is 5.26. The fourth-order valence-electron chi connectivity index (χ4n) is 3.45. The number of aliphatic carboxylic acids is 1. The van der Waals surface area contributed by atoms with Crippen LogP contribution in [0, 0.1) is 6.92 Å². The maximum atomic E-state index is 12.9. The average molecular weight is 400 g/mol. The molecule has 0 aromatic heterocycles. The van der Waals surface area contributed by atoms with Crippen LogP contribution in [0.4, 0.5) is 0 Å². The number of methoxy groups -OCH3 is 1. The zero-order valence-corrected chi connectivity index (χ0v) is 16.9.